The standard InChI is InChI=1S/C24H31ClN2O2S/c1-4-5-14-26-24(29)19(3)27(15-20-10-12-22(25)13-11-20)23(28)17-30-16-21-9-7-6-8-18(21)2/h6-13,19H,4-5,14-17H2,1-3H3,(H,26,29)/t19-/m0/s1. The van der Waals surface area contributed by atoms with E-state index in [1.54, 1.807) is 35.7 Å². The number of nitrogens with one attached hydrogen (secondary N) is 1. The van der Waals surface area contributed by atoms with Crippen molar-refractivity contribution in [1.82, 2.24) is 10.2 Å². The fourth-order valence-corrected chi connectivity index (χ4v) is 4.12. The van der Waals surface area contributed by atoms with Crippen LogP contribution in [0.25, 0.3) is 0 Å². The van der Waals surface area contributed by atoms with Crippen LogP contribution in [-0.4, -0.2) is 35.1 Å². The quantitative estimate of drug-likeness (QED) is 0.481. The molecule has 0 fully saturated rings. The molecule has 2 aromatic carbocycles. The van der Waals surface area contributed by atoms with Crippen LogP contribution in [0.3, 0.4) is 0 Å². The summed E-state index contributed by atoms with van der Waals surface area (Å²) in [6.45, 7) is 6.96. The molecule has 0 unspecified atom stereocenters. The van der Waals surface area contributed by atoms with E-state index in [0.29, 0.717) is 23.9 Å². The third kappa shape index (κ3) is 7.69. The van der Waals surface area contributed by atoms with Crippen LogP contribution in [0.5, 0.6) is 0 Å². The van der Waals surface area contributed by atoms with Crippen molar-refractivity contribution in [2.45, 2.75) is 52.0 Å². The molecule has 0 radical (unpaired) electrons. The second-order valence-electron chi connectivity index (χ2n) is 7.39. The molecule has 1 atom stereocenters. The highest BCUT2D eigenvalue weighted by molar-refractivity contribution is 7.99. The summed E-state index contributed by atoms with van der Waals surface area (Å²) in [4.78, 5) is 27.3. The molecule has 0 saturated carbocycles. The van der Waals surface area contributed by atoms with Gasteiger partial charge in [-0.15, -0.1) is 11.8 Å². The Morgan fingerprint density at radius 3 is 2.50 bits per heavy atom. The molecule has 6 heteroatoms. The Labute approximate surface area is 189 Å². The SMILES string of the molecule is CCCCNC(=O)[C@H](C)N(Cc1ccc(Cl)cc1)C(=O)CSCc1ccccc1C. The predicted octanol–water partition coefficient (Wildman–Crippen LogP) is 5.22. The van der Waals surface area contributed by atoms with Crippen molar-refractivity contribution in [2.24, 2.45) is 0 Å². The monoisotopic (exact) mass is 446 g/mol. The van der Waals surface area contributed by atoms with Crippen molar-refractivity contribution in [3.63, 3.8) is 0 Å². The number of benzene rings is 2. The number of rotatable bonds is 11. The zero-order valence-corrected chi connectivity index (χ0v) is 19.6. The number of carbonyl (C=O) groups is 2. The molecular formula is C24H31ClN2O2S. The van der Waals surface area contributed by atoms with Crippen molar-refractivity contribution in [3.8, 4) is 0 Å². The molecule has 0 heterocycles. The summed E-state index contributed by atoms with van der Waals surface area (Å²) in [7, 11) is 0. The molecule has 0 aliphatic carbocycles. The van der Waals surface area contributed by atoms with E-state index >= 15 is 0 Å². The molecule has 0 saturated heterocycles. The molecule has 0 bridgehead atoms. The number of unbranched alkanes of at least 4 members (excludes halogenated alkanes) is 1. The second kappa shape index (κ2) is 12.7. The lowest BCUT2D eigenvalue weighted by Gasteiger charge is -2.29. The van der Waals surface area contributed by atoms with Gasteiger partial charge in [0.05, 0.1) is 5.75 Å². The van der Waals surface area contributed by atoms with E-state index in [-0.39, 0.29) is 11.8 Å². The Morgan fingerprint density at radius 1 is 1.13 bits per heavy atom. The molecule has 1 N–H and O–H groups in total. The van der Waals surface area contributed by atoms with Gasteiger partial charge in [-0.1, -0.05) is 61.3 Å². The van der Waals surface area contributed by atoms with Gasteiger partial charge in [-0.25, -0.2) is 0 Å². The number of hydrogen-bond donors (Lipinski definition) is 1. The van der Waals surface area contributed by atoms with E-state index in [0.717, 1.165) is 24.2 Å². The van der Waals surface area contributed by atoms with E-state index in [4.69, 9.17) is 11.6 Å². The number of carbonyl (C=O) groups excluding carboxylic acids is 2. The van der Waals surface area contributed by atoms with Gasteiger partial charge < -0.3 is 10.2 Å². The van der Waals surface area contributed by atoms with Crippen LogP contribution in [0.15, 0.2) is 48.5 Å². The van der Waals surface area contributed by atoms with E-state index < -0.39 is 6.04 Å². The van der Waals surface area contributed by atoms with E-state index in [9.17, 15) is 9.59 Å². The van der Waals surface area contributed by atoms with Crippen LogP contribution >= 0.6 is 23.4 Å². The number of nitrogens with zero attached hydrogens (tertiary/aromatic N) is 1. The fraction of sp³-hybridized carbons (Fsp3) is 0.417. The van der Waals surface area contributed by atoms with Gasteiger partial charge in [0.2, 0.25) is 11.8 Å². The Kier molecular flexibility index (Phi) is 10.2. The predicted molar refractivity (Wildman–Crippen MR) is 127 cm³/mol. The highest BCUT2D eigenvalue weighted by Crippen LogP contribution is 2.19. The summed E-state index contributed by atoms with van der Waals surface area (Å²) in [5, 5.41) is 3.59. The van der Waals surface area contributed by atoms with Crippen molar-refractivity contribution in [1.29, 1.82) is 0 Å². The van der Waals surface area contributed by atoms with Gasteiger partial charge in [-0.3, -0.25) is 9.59 Å². The first-order valence-corrected chi connectivity index (χ1v) is 11.9. The van der Waals surface area contributed by atoms with Crippen molar-refractivity contribution in [2.75, 3.05) is 12.3 Å². The summed E-state index contributed by atoms with van der Waals surface area (Å²) in [5.74, 6) is 0.940. The average Bonchev–Trinajstić information content (AvgIpc) is 2.74. The molecule has 2 aromatic rings. The molecule has 4 nitrogen and oxygen atoms in total. The van der Waals surface area contributed by atoms with E-state index in [2.05, 4.69) is 31.3 Å². The van der Waals surface area contributed by atoms with Crippen LogP contribution in [-0.2, 0) is 21.9 Å². The first-order chi connectivity index (χ1) is 14.4. The number of thioether (sulfide) groups is 1. The summed E-state index contributed by atoms with van der Waals surface area (Å²) in [6, 6.07) is 15.0. The minimum absolute atomic E-state index is 0.0401. The van der Waals surface area contributed by atoms with E-state index in [1.165, 1.54) is 11.1 Å². The van der Waals surface area contributed by atoms with Gasteiger partial charge in [0.15, 0.2) is 0 Å². The zero-order chi connectivity index (χ0) is 21.9. The van der Waals surface area contributed by atoms with Crippen LogP contribution < -0.4 is 5.32 Å². The topological polar surface area (TPSA) is 49.4 Å². The van der Waals surface area contributed by atoms with E-state index in [1.807, 2.05) is 24.3 Å². The molecular weight excluding hydrogens is 416 g/mol. The molecule has 0 spiro atoms. The van der Waals surface area contributed by atoms with Gasteiger partial charge in [0.25, 0.3) is 0 Å². The fourth-order valence-electron chi connectivity index (χ4n) is 3.01. The molecule has 0 aliphatic heterocycles. The Balaban J connectivity index is 2.04. The highest BCUT2D eigenvalue weighted by atomic mass is 35.5. The molecule has 2 amide bonds. The van der Waals surface area contributed by atoms with Gasteiger partial charge in [0.1, 0.15) is 6.04 Å². The van der Waals surface area contributed by atoms with Gasteiger partial charge in [0, 0.05) is 23.9 Å². The minimum Gasteiger partial charge on any atom is -0.354 e. The number of amides is 2. The first kappa shape index (κ1) is 24.3. The lowest BCUT2D eigenvalue weighted by atomic mass is 10.1. The molecule has 30 heavy (non-hydrogen) atoms. The zero-order valence-electron chi connectivity index (χ0n) is 18.0. The number of halogens is 1. The Morgan fingerprint density at radius 2 is 1.83 bits per heavy atom. The Bertz CT molecular complexity index is 826. The summed E-state index contributed by atoms with van der Waals surface area (Å²) in [6.07, 6.45) is 1.94. The van der Waals surface area contributed by atoms with Crippen molar-refractivity contribution < 1.29 is 9.59 Å². The highest BCUT2D eigenvalue weighted by Gasteiger charge is 2.25. The molecule has 0 aliphatic rings. The summed E-state index contributed by atoms with van der Waals surface area (Å²) in [5.41, 5.74) is 3.40. The minimum atomic E-state index is -0.538. The average molecular weight is 447 g/mol. The summed E-state index contributed by atoms with van der Waals surface area (Å²) < 4.78 is 0. The first-order valence-electron chi connectivity index (χ1n) is 10.4. The maximum absolute atomic E-state index is 13.1. The largest absolute Gasteiger partial charge is 0.354 e. The van der Waals surface area contributed by atoms with Gasteiger partial charge in [-0.2, -0.15) is 0 Å². The van der Waals surface area contributed by atoms with Crippen LogP contribution in [0, 0.1) is 6.92 Å². The maximum atomic E-state index is 13.1. The number of hydrogen-bond acceptors (Lipinski definition) is 3. The molecule has 2 rings (SSSR count). The maximum Gasteiger partial charge on any atom is 0.242 e. The van der Waals surface area contributed by atoms with Crippen LogP contribution in [0.1, 0.15) is 43.4 Å². The lowest BCUT2D eigenvalue weighted by molar-refractivity contribution is -0.138. The molecule has 162 valence electrons. The van der Waals surface area contributed by atoms with Gasteiger partial charge >= 0.3 is 0 Å². The third-order valence-electron chi connectivity index (χ3n) is 5.01. The smallest absolute Gasteiger partial charge is 0.242 e. The lowest BCUT2D eigenvalue weighted by Crippen LogP contribution is -2.48. The number of aryl methyl sites for hydroxylation is 1. The third-order valence-corrected chi connectivity index (χ3v) is 6.23. The molecule has 0 aromatic heterocycles. The van der Waals surface area contributed by atoms with Gasteiger partial charge in [-0.05, 0) is 49.1 Å². The Hall–Kier alpha value is -1.98. The summed E-state index contributed by atoms with van der Waals surface area (Å²) >= 11 is 7.56. The van der Waals surface area contributed by atoms with Crippen molar-refractivity contribution in [3.05, 3.63) is 70.2 Å². The normalized spacial score (nSPS) is 11.7. The second-order valence-corrected chi connectivity index (χ2v) is 8.81. The van der Waals surface area contributed by atoms with Crippen LogP contribution in [0.2, 0.25) is 5.02 Å². The van der Waals surface area contributed by atoms with Crippen molar-refractivity contribution >= 4 is 35.2 Å². The van der Waals surface area contributed by atoms with Crippen LogP contribution in [0.4, 0.5) is 0 Å².